The van der Waals surface area contributed by atoms with Crippen LogP contribution in [0.15, 0.2) is 60.7 Å². The topological polar surface area (TPSA) is 0 Å². The van der Waals surface area contributed by atoms with Crippen LogP contribution in [-0.2, 0) is 0 Å². The molecular weight excluding hydrogens is 403 g/mol. The van der Waals surface area contributed by atoms with E-state index in [2.05, 4.69) is 61.5 Å². The molecule has 2 aliphatic carbocycles. The van der Waals surface area contributed by atoms with E-state index in [9.17, 15) is 4.39 Å². The third kappa shape index (κ3) is 6.81. The van der Waals surface area contributed by atoms with Crippen LogP contribution >= 0.6 is 0 Å². The highest BCUT2D eigenvalue weighted by atomic mass is 19.1. The Morgan fingerprint density at radius 1 is 0.727 bits per heavy atom. The Bertz CT molecular complexity index is 831. The van der Waals surface area contributed by atoms with Crippen LogP contribution in [0.1, 0.15) is 107 Å². The van der Waals surface area contributed by atoms with Gasteiger partial charge in [0.05, 0.1) is 6.67 Å². The van der Waals surface area contributed by atoms with Crippen LogP contribution in [-0.4, -0.2) is 6.67 Å². The van der Waals surface area contributed by atoms with Gasteiger partial charge in [0.1, 0.15) is 0 Å². The van der Waals surface area contributed by atoms with Gasteiger partial charge in [0.2, 0.25) is 0 Å². The van der Waals surface area contributed by atoms with Gasteiger partial charge in [0.25, 0.3) is 0 Å². The standard InChI is InChI=1S/C32H43F/c1-2-3-6-25-8-12-27(13-9-25)29-16-20-31(21-17-29)32-22-18-30(19-23-32)28-14-10-26(11-15-28)7-4-5-24-33/h4,7,16-23,25-28H,2-3,5-6,8-15,24H2,1H3/b7-4+/t25-,26?,27-,28?. The minimum atomic E-state index is -0.235. The molecule has 0 unspecified atom stereocenters. The van der Waals surface area contributed by atoms with E-state index in [4.69, 9.17) is 0 Å². The zero-order valence-electron chi connectivity index (χ0n) is 20.7. The summed E-state index contributed by atoms with van der Waals surface area (Å²) in [5.41, 5.74) is 5.70. The van der Waals surface area contributed by atoms with Gasteiger partial charge < -0.3 is 0 Å². The molecule has 0 radical (unpaired) electrons. The molecule has 2 saturated carbocycles. The Morgan fingerprint density at radius 3 is 1.73 bits per heavy atom. The summed E-state index contributed by atoms with van der Waals surface area (Å²) in [6.07, 6.45) is 19.6. The average molecular weight is 447 g/mol. The van der Waals surface area contributed by atoms with Crippen molar-refractivity contribution in [3.8, 4) is 11.1 Å². The monoisotopic (exact) mass is 446 g/mol. The zero-order valence-corrected chi connectivity index (χ0v) is 20.7. The molecule has 1 heteroatoms. The summed E-state index contributed by atoms with van der Waals surface area (Å²) in [4.78, 5) is 0. The smallest absolute Gasteiger partial charge is 0.0928 e. The SMILES string of the molecule is CCCC[C@H]1CC[C@H](c2ccc(-c3ccc(C4CCC(/C=C/CCF)CC4)cc3)cc2)CC1. The Labute approximate surface area is 201 Å². The molecule has 0 aliphatic heterocycles. The first-order valence-electron chi connectivity index (χ1n) is 13.7. The van der Waals surface area contributed by atoms with Crippen molar-refractivity contribution in [3.05, 3.63) is 71.8 Å². The third-order valence-corrected chi connectivity index (χ3v) is 8.37. The summed E-state index contributed by atoms with van der Waals surface area (Å²) in [5.74, 6) is 3.07. The lowest BCUT2D eigenvalue weighted by atomic mass is 9.77. The van der Waals surface area contributed by atoms with Crippen molar-refractivity contribution in [1.82, 2.24) is 0 Å². The molecule has 2 aliphatic rings. The first kappa shape index (κ1) is 24.2. The van der Waals surface area contributed by atoms with Gasteiger partial charge in [-0.15, -0.1) is 0 Å². The minimum Gasteiger partial charge on any atom is -0.251 e. The van der Waals surface area contributed by atoms with Gasteiger partial charge >= 0.3 is 0 Å². The molecule has 0 bridgehead atoms. The molecule has 2 aromatic rings. The maximum atomic E-state index is 12.3. The van der Waals surface area contributed by atoms with E-state index < -0.39 is 0 Å². The summed E-state index contributed by atoms with van der Waals surface area (Å²) in [5, 5.41) is 0. The first-order chi connectivity index (χ1) is 16.3. The van der Waals surface area contributed by atoms with Gasteiger partial charge in [-0.2, -0.15) is 0 Å². The number of hydrogen-bond donors (Lipinski definition) is 0. The van der Waals surface area contributed by atoms with Gasteiger partial charge in [-0.3, -0.25) is 4.39 Å². The maximum absolute atomic E-state index is 12.3. The lowest BCUT2D eigenvalue weighted by Gasteiger charge is -2.29. The normalized spacial score (nSPS) is 26.0. The van der Waals surface area contributed by atoms with Gasteiger partial charge in [-0.25, -0.2) is 0 Å². The van der Waals surface area contributed by atoms with E-state index >= 15 is 0 Å². The van der Waals surface area contributed by atoms with Crippen LogP contribution in [0.5, 0.6) is 0 Å². The van der Waals surface area contributed by atoms with Crippen molar-refractivity contribution in [2.45, 2.75) is 95.8 Å². The average Bonchev–Trinajstić information content (AvgIpc) is 2.89. The fourth-order valence-electron chi connectivity index (χ4n) is 6.17. The minimum absolute atomic E-state index is 0.235. The molecule has 2 fully saturated rings. The van der Waals surface area contributed by atoms with Gasteiger partial charge in [-0.05, 0) is 104 Å². The molecule has 33 heavy (non-hydrogen) atoms. The number of alkyl halides is 1. The van der Waals surface area contributed by atoms with Crippen LogP contribution in [0.3, 0.4) is 0 Å². The summed E-state index contributed by atoms with van der Waals surface area (Å²) in [6.45, 7) is 2.07. The fraction of sp³-hybridized carbons (Fsp3) is 0.562. The highest BCUT2D eigenvalue weighted by Crippen LogP contribution is 2.39. The predicted octanol–water partition coefficient (Wildman–Crippen LogP) is 10.0. The highest BCUT2D eigenvalue weighted by molar-refractivity contribution is 5.64. The quantitative estimate of drug-likeness (QED) is 0.336. The van der Waals surface area contributed by atoms with Crippen molar-refractivity contribution in [3.63, 3.8) is 0 Å². The van der Waals surface area contributed by atoms with E-state index in [0.717, 1.165) is 11.8 Å². The second-order valence-electron chi connectivity index (χ2n) is 10.6. The molecule has 0 nitrogen and oxygen atoms in total. The molecular formula is C32H43F. The highest BCUT2D eigenvalue weighted by Gasteiger charge is 2.22. The van der Waals surface area contributed by atoms with Gasteiger partial charge in [0, 0.05) is 0 Å². The van der Waals surface area contributed by atoms with Crippen molar-refractivity contribution in [1.29, 1.82) is 0 Å². The molecule has 0 N–H and O–H groups in total. The molecule has 178 valence electrons. The molecule has 0 aromatic heterocycles. The lowest BCUT2D eigenvalue weighted by molar-refractivity contribution is 0.304. The molecule has 0 spiro atoms. The van der Waals surface area contributed by atoms with Crippen molar-refractivity contribution < 1.29 is 4.39 Å². The van der Waals surface area contributed by atoms with Gasteiger partial charge in [0.15, 0.2) is 0 Å². The third-order valence-electron chi connectivity index (χ3n) is 8.37. The number of halogens is 1. The molecule has 4 rings (SSSR count). The largest absolute Gasteiger partial charge is 0.251 e. The molecule has 0 heterocycles. The number of allylic oxidation sites excluding steroid dienone is 2. The van der Waals surface area contributed by atoms with Crippen molar-refractivity contribution >= 4 is 0 Å². The van der Waals surface area contributed by atoms with Crippen molar-refractivity contribution in [2.24, 2.45) is 11.8 Å². The van der Waals surface area contributed by atoms with E-state index in [-0.39, 0.29) is 6.67 Å². The predicted molar refractivity (Wildman–Crippen MR) is 141 cm³/mol. The summed E-state index contributed by atoms with van der Waals surface area (Å²) < 4.78 is 12.3. The number of rotatable bonds is 9. The second kappa shape index (κ2) is 12.5. The van der Waals surface area contributed by atoms with E-state index in [1.165, 1.54) is 87.3 Å². The Hall–Kier alpha value is -1.89. The summed E-state index contributed by atoms with van der Waals surface area (Å²) in [6, 6.07) is 18.8. The zero-order chi connectivity index (χ0) is 22.9. The molecule has 0 atom stereocenters. The first-order valence-corrected chi connectivity index (χ1v) is 13.7. The summed E-state index contributed by atoms with van der Waals surface area (Å²) in [7, 11) is 0. The number of hydrogen-bond acceptors (Lipinski definition) is 0. The molecule has 2 aromatic carbocycles. The molecule has 0 saturated heterocycles. The fourth-order valence-corrected chi connectivity index (χ4v) is 6.17. The second-order valence-corrected chi connectivity index (χ2v) is 10.6. The Kier molecular flexibility index (Phi) is 9.21. The maximum Gasteiger partial charge on any atom is 0.0928 e. The van der Waals surface area contributed by atoms with E-state index in [0.29, 0.717) is 18.3 Å². The van der Waals surface area contributed by atoms with Crippen LogP contribution in [0.2, 0.25) is 0 Å². The lowest BCUT2D eigenvalue weighted by Crippen LogP contribution is -2.13. The Balaban J connectivity index is 1.29. The number of benzene rings is 2. The van der Waals surface area contributed by atoms with Gasteiger partial charge in [-0.1, -0.05) is 86.9 Å². The Morgan fingerprint density at radius 2 is 1.24 bits per heavy atom. The van der Waals surface area contributed by atoms with Crippen LogP contribution in [0.25, 0.3) is 11.1 Å². The summed E-state index contributed by atoms with van der Waals surface area (Å²) >= 11 is 0. The van der Waals surface area contributed by atoms with Crippen molar-refractivity contribution in [2.75, 3.05) is 6.67 Å². The molecule has 0 amide bonds. The van der Waals surface area contributed by atoms with Crippen LogP contribution in [0.4, 0.5) is 4.39 Å². The van der Waals surface area contributed by atoms with Crippen LogP contribution in [0, 0.1) is 11.8 Å². The van der Waals surface area contributed by atoms with E-state index in [1.54, 1.807) is 5.56 Å². The van der Waals surface area contributed by atoms with Crippen LogP contribution < -0.4 is 0 Å². The number of unbranched alkanes of at least 4 members (excludes halogenated alkanes) is 1. The van der Waals surface area contributed by atoms with E-state index in [1.807, 2.05) is 6.08 Å².